The Morgan fingerprint density at radius 1 is 1.03 bits per heavy atom. The molecule has 1 aliphatic rings. The molecule has 0 saturated carbocycles. The van der Waals surface area contributed by atoms with Crippen molar-refractivity contribution in [3.63, 3.8) is 0 Å². The molecule has 1 N–H and O–H groups in total. The Morgan fingerprint density at radius 2 is 1.79 bits per heavy atom. The topological polar surface area (TPSA) is 89.2 Å². The van der Waals surface area contributed by atoms with Crippen molar-refractivity contribution in [1.29, 1.82) is 0 Å². The van der Waals surface area contributed by atoms with Crippen molar-refractivity contribution in [1.82, 2.24) is 4.90 Å². The lowest BCUT2D eigenvalue weighted by Gasteiger charge is -2.25. The van der Waals surface area contributed by atoms with Crippen molar-refractivity contribution < 1.29 is 28.6 Å². The number of carbonyl (C=O) groups is 2. The second kappa shape index (κ2) is 9.21. The summed E-state index contributed by atoms with van der Waals surface area (Å²) in [4.78, 5) is 27.5. The van der Waals surface area contributed by atoms with Gasteiger partial charge in [0.05, 0.1) is 48.7 Å². The van der Waals surface area contributed by atoms with Crippen LogP contribution in [0.5, 0.6) is 11.5 Å². The third kappa shape index (κ3) is 4.17. The maximum absolute atomic E-state index is 13.1. The maximum atomic E-state index is 13.1. The highest BCUT2D eigenvalue weighted by molar-refractivity contribution is 6.46. The molecule has 2 heterocycles. The maximum Gasteiger partial charge on any atom is 0.296 e. The predicted molar refractivity (Wildman–Crippen MR) is 123 cm³/mol. The van der Waals surface area contributed by atoms with Crippen LogP contribution in [0.4, 0.5) is 0 Å². The Balaban J connectivity index is 1.89. The first kappa shape index (κ1) is 22.8. The number of halogens is 2. The van der Waals surface area contributed by atoms with Crippen molar-refractivity contribution in [2.24, 2.45) is 0 Å². The highest BCUT2D eigenvalue weighted by Gasteiger charge is 2.46. The van der Waals surface area contributed by atoms with Crippen LogP contribution in [0.25, 0.3) is 5.76 Å². The van der Waals surface area contributed by atoms with Gasteiger partial charge in [-0.25, -0.2) is 0 Å². The summed E-state index contributed by atoms with van der Waals surface area (Å²) in [5.41, 5.74) is 0.711. The van der Waals surface area contributed by atoms with Crippen molar-refractivity contribution in [2.75, 3.05) is 14.2 Å². The number of amides is 1. The molecule has 170 valence electrons. The van der Waals surface area contributed by atoms with Crippen LogP contribution in [0.3, 0.4) is 0 Å². The lowest BCUT2D eigenvalue weighted by Crippen LogP contribution is -2.29. The number of likely N-dealkylation sites (tertiary alicyclic amines) is 1. The molecule has 9 heteroatoms. The fraction of sp³-hybridized carbons (Fsp3) is 0.167. The van der Waals surface area contributed by atoms with Crippen LogP contribution in [-0.4, -0.2) is 35.9 Å². The summed E-state index contributed by atoms with van der Waals surface area (Å²) in [7, 11) is 2.95. The number of nitrogens with zero attached hydrogens (tertiary/aromatic N) is 1. The molecule has 3 aromatic rings. The Bertz CT molecular complexity index is 1250. The first-order valence-corrected chi connectivity index (χ1v) is 10.6. The number of ketones is 1. The fourth-order valence-electron chi connectivity index (χ4n) is 3.78. The van der Waals surface area contributed by atoms with Gasteiger partial charge in [-0.3, -0.25) is 9.59 Å². The summed E-state index contributed by atoms with van der Waals surface area (Å²) in [5.74, 6) is -0.666. The van der Waals surface area contributed by atoms with E-state index >= 15 is 0 Å². The van der Waals surface area contributed by atoms with E-state index < -0.39 is 17.7 Å². The minimum absolute atomic E-state index is 0.0190. The molecular weight excluding hydrogens is 469 g/mol. The minimum atomic E-state index is -0.919. The van der Waals surface area contributed by atoms with Crippen molar-refractivity contribution in [3.8, 4) is 11.5 Å². The predicted octanol–water partition coefficient (Wildman–Crippen LogP) is 5.23. The van der Waals surface area contributed by atoms with Crippen LogP contribution in [0.15, 0.2) is 64.8 Å². The van der Waals surface area contributed by atoms with Gasteiger partial charge in [0.1, 0.15) is 11.5 Å². The van der Waals surface area contributed by atoms with E-state index in [2.05, 4.69) is 0 Å². The molecule has 2 aromatic carbocycles. The van der Waals surface area contributed by atoms with E-state index in [0.29, 0.717) is 27.8 Å². The molecule has 1 atom stereocenters. The van der Waals surface area contributed by atoms with E-state index in [-0.39, 0.29) is 28.5 Å². The lowest BCUT2D eigenvalue weighted by atomic mass is 9.95. The summed E-state index contributed by atoms with van der Waals surface area (Å²) in [5, 5.41) is 11.8. The molecule has 1 amide bonds. The number of hydrogen-bond donors (Lipinski definition) is 1. The summed E-state index contributed by atoms with van der Waals surface area (Å²) in [6.45, 7) is 0.0190. The standard InChI is InChI=1S/C24H19Cl2NO6/c1-31-18-8-6-14(11-19(18)32-2)22(28)20-21(13-5-7-16(25)17(26)10-13)27(24(30)23(20)29)12-15-4-3-9-33-15/h3-11,21,28H,12H2,1-2H3. The number of benzene rings is 2. The van der Waals surface area contributed by atoms with E-state index in [1.165, 1.54) is 31.4 Å². The molecule has 1 unspecified atom stereocenters. The summed E-state index contributed by atoms with van der Waals surface area (Å²) >= 11 is 12.3. The van der Waals surface area contributed by atoms with Gasteiger partial charge in [0.15, 0.2) is 11.5 Å². The van der Waals surface area contributed by atoms with E-state index in [4.69, 9.17) is 37.1 Å². The van der Waals surface area contributed by atoms with Gasteiger partial charge < -0.3 is 23.9 Å². The molecule has 1 aliphatic heterocycles. The Morgan fingerprint density at radius 3 is 2.42 bits per heavy atom. The van der Waals surface area contributed by atoms with E-state index in [1.54, 1.807) is 42.5 Å². The quantitative estimate of drug-likeness (QED) is 0.291. The summed E-state index contributed by atoms with van der Waals surface area (Å²) in [6, 6.07) is 12.0. The normalized spacial score (nSPS) is 17.5. The van der Waals surface area contributed by atoms with Crippen LogP contribution in [0, 0.1) is 0 Å². The van der Waals surface area contributed by atoms with Crippen LogP contribution >= 0.6 is 23.2 Å². The minimum Gasteiger partial charge on any atom is -0.507 e. The van der Waals surface area contributed by atoms with Gasteiger partial charge in [-0.15, -0.1) is 0 Å². The second-order valence-electron chi connectivity index (χ2n) is 7.25. The number of aliphatic hydroxyl groups excluding tert-OH is 1. The van der Waals surface area contributed by atoms with Gasteiger partial charge >= 0.3 is 0 Å². The number of rotatable bonds is 6. The molecule has 0 radical (unpaired) electrons. The summed E-state index contributed by atoms with van der Waals surface area (Å²) < 4.78 is 15.9. The second-order valence-corrected chi connectivity index (χ2v) is 8.06. The number of aliphatic hydroxyl groups is 1. The van der Waals surface area contributed by atoms with Crippen LogP contribution in [0.1, 0.15) is 22.9 Å². The molecule has 0 spiro atoms. The highest BCUT2D eigenvalue weighted by Crippen LogP contribution is 2.42. The average molecular weight is 488 g/mol. The number of hydrogen-bond acceptors (Lipinski definition) is 6. The first-order valence-electron chi connectivity index (χ1n) is 9.83. The molecule has 0 bridgehead atoms. The first-order chi connectivity index (χ1) is 15.8. The van der Waals surface area contributed by atoms with Crippen molar-refractivity contribution in [2.45, 2.75) is 12.6 Å². The average Bonchev–Trinajstić information content (AvgIpc) is 3.42. The molecular formula is C24H19Cl2NO6. The SMILES string of the molecule is COc1ccc(C(O)=C2C(=O)C(=O)N(Cc3ccco3)C2c2ccc(Cl)c(Cl)c2)cc1OC. The molecule has 1 fully saturated rings. The Kier molecular flexibility index (Phi) is 6.35. The Labute approximate surface area is 199 Å². The van der Waals surface area contributed by atoms with Gasteiger partial charge in [0.2, 0.25) is 0 Å². The summed E-state index contributed by atoms with van der Waals surface area (Å²) in [6.07, 6.45) is 1.48. The lowest BCUT2D eigenvalue weighted by molar-refractivity contribution is -0.140. The van der Waals surface area contributed by atoms with Gasteiger partial charge in [0.25, 0.3) is 11.7 Å². The van der Waals surface area contributed by atoms with Gasteiger partial charge in [0, 0.05) is 5.56 Å². The third-order valence-corrected chi connectivity index (χ3v) is 6.10. The van der Waals surface area contributed by atoms with Crippen molar-refractivity contribution in [3.05, 3.63) is 87.3 Å². The molecule has 7 nitrogen and oxygen atoms in total. The van der Waals surface area contributed by atoms with Crippen molar-refractivity contribution >= 4 is 40.7 Å². The number of ether oxygens (including phenoxy) is 2. The highest BCUT2D eigenvalue weighted by atomic mass is 35.5. The molecule has 1 aromatic heterocycles. The molecule has 33 heavy (non-hydrogen) atoms. The number of Topliss-reactive ketones (excluding diaryl/α,β-unsaturated/α-hetero) is 1. The zero-order chi connectivity index (χ0) is 23.7. The molecule has 0 aliphatic carbocycles. The van der Waals surface area contributed by atoms with Gasteiger partial charge in [-0.2, -0.15) is 0 Å². The molecule has 1 saturated heterocycles. The number of furan rings is 1. The van der Waals surface area contributed by atoms with Gasteiger partial charge in [-0.05, 0) is 48.0 Å². The fourth-order valence-corrected chi connectivity index (χ4v) is 4.09. The van der Waals surface area contributed by atoms with Crippen LogP contribution in [-0.2, 0) is 16.1 Å². The van der Waals surface area contributed by atoms with Crippen LogP contribution < -0.4 is 9.47 Å². The molecule has 4 rings (SSSR count). The zero-order valence-corrected chi connectivity index (χ0v) is 19.2. The largest absolute Gasteiger partial charge is 0.507 e. The Hall–Kier alpha value is -3.42. The third-order valence-electron chi connectivity index (χ3n) is 5.36. The van der Waals surface area contributed by atoms with E-state index in [0.717, 1.165) is 0 Å². The number of carbonyl (C=O) groups excluding carboxylic acids is 2. The van der Waals surface area contributed by atoms with E-state index in [1.807, 2.05) is 0 Å². The van der Waals surface area contributed by atoms with Crippen LogP contribution in [0.2, 0.25) is 10.0 Å². The zero-order valence-electron chi connectivity index (χ0n) is 17.7. The van der Waals surface area contributed by atoms with Gasteiger partial charge in [-0.1, -0.05) is 29.3 Å². The number of methoxy groups -OCH3 is 2. The smallest absolute Gasteiger partial charge is 0.296 e. The van der Waals surface area contributed by atoms with E-state index in [9.17, 15) is 14.7 Å². The monoisotopic (exact) mass is 487 g/mol.